The van der Waals surface area contributed by atoms with Crippen molar-refractivity contribution < 1.29 is 19.2 Å². The predicted molar refractivity (Wildman–Crippen MR) is 119 cm³/mol. The van der Waals surface area contributed by atoms with E-state index in [0.29, 0.717) is 25.7 Å². The third kappa shape index (κ3) is 5.28. The summed E-state index contributed by atoms with van der Waals surface area (Å²) in [6.45, 7) is 12.9. The van der Waals surface area contributed by atoms with Gasteiger partial charge in [-0.1, -0.05) is 41.5 Å². The van der Waals surface area contributed by atoms with Crippen molar-refractivity contribution in [1.82, 2.24) is 0 Å². The largest absolute Gasteiger partial charge is 0.235 e. The lowest BCUT2D eigenvalue weighted by molar-refractivity contribution is -0.0551. The Hall–Kier alpha value is -2.48. The van der Waals surface area contributed by atoms with Crippen molar-refractivity contribution in [2.24, 2.45) is 41.6 Å². The highest BCUT2D eigenvalue weighted by atomic mass is 16.1. The van der Waals surface area contributed by atoms with Crippen molar-refractivity contribution in [1.29, 1.82) is 0 Å². The second-order valence-electron chi connectivity index (χ2n) is 12.3. The Bertz CT molecular complexity index is 860. The van der Waals surface area contributed by atoms with Crippen LogP contribution in [0.15, 0.2) is 20.0 Å². The first kappa shape index (κ1) is 25.8. The number of aliphatic imine (C=N–C) groups is 4. The van der Waals surface area contributed by atoms with E-state index in [9.17, 15) is 19.2 Å². The topological polar surface area (TPSA) is 118 Å². The van der Waals surface area contributed by atoms with E-state index in [1.165, 1.54) is 0 Å². The van der Waals surface area contributed by atoms with Gasteiger partial charge in [0.15, 0.2) is 0 Å². The monoisotopic (exact) mass is 442 g/mol. The molecule has 0 spiro atoms. The molecule has 0 bridgehead atoms. The Balaban J connectivity index is 2.79. The highest BCUT2D eigenvalue weighted by Crippen LogP contribution is 2.63. The molecule has 0 heterocycles. The molecule has 0 N–H and O–H groups in total. The van der Waals surface area contributed by atoms with Crippen LogP contribution in [-0.4, -0.2) is 48.5 Å². The number of nitrogens with zero attached hydrogens (tertiary/aromatic N) is 4. The van der Waals surface area contributed by atoms with Gasteiger partial charge in [0.25, 0.3) is 0 Å². The quantitative estimate of drug-likeness (QED) is 0.433. The van der Waals surface area contributed by atoms with Gasteiger partial charge in [-0.2, -0.15) is 9.98 Å². The van der Waals surface area contributed by atoms with E-state index in [1.807, 2.05) is 13.8 Å². The van der Waals surface area contributed by atoms with Gasteiger partial charge in [0.2, 0.25) is 24.3 Å². The first-order chi connectivity index (χ1) is 14.7. The van der Waals surface area contributed by atoms with Crippen LogP contribution in [0.25, 0.3) is 0 Å². The highest BCUT2D eigenvalue weighted by Gasteiger charge is 2.64. The van der Waals surface area contributed by atoms with Crippen molar-refractivity contribution in [2.45, 2.75) is 91.1 Å². The molecule has 0 aromatic carbocycles. The SMILES string of the molecule is CC1(C)CC(C)(CN=C=O)CC(N=C=O)(C2(N=C=O)CC(C)(C)CC(C)(CN=C=O)C2)C1. The molecule has 0 saturated heterocycles. The van der Waals surface area contributed by atoms with Crippen LogP contribution in [0, 0.1) is 21.7 Å². The van der Waals surface area contributed by atoms with Crippen molar-refractivity contribution in [3.63, 3.8) is 0 Å². The predicted octanol–water partition coefficient (Wildman–Crippen LogP) is 4.24. The molecule has 0 aliphatic heterocycles. The normalized spacial score (nSPS) is 37.6. The number of rotatable bonds is 7. The number of carbonyl (C=O) groups excluding carboxylic acids is 4. The van der Waals surface area contributed by atoms with Gasteiger partial charge in [0, 0.05) is 0 Å². The van der Waals surface area contributed by atoms with Gasteiger partial charge in [0.1, 0.15) is 11.1 Å². The van der Waals surface area contributed by atoms with Gasteiger partial charge in [-0.3, -0.25) is 0 Å². The van der Waals surface area contributed by atoms with Gasteiger partial charge in [-0.15, -0.1) is 0 Å². The zero-order valence-electron chi connectivity index (χ0n) is 20.1. The van der Waals surface area contributed by atoms with Crippen LogP contribution in [0.2, 0.25) is 0 Å². The molecule has 8 nitrogen and oxygen atoms in total. The maximum absolute atomic E-state index is 11.8. The highest BCUT2D eigenvalue weighted by molar-refractivity contribution is 5.42. The van der Waals surface area contributed by atoms with Crippen LogP contribution in [0.5, 0.6) is 0 Å². The fraction of sp³-hybridized carbons (Fsp3) is 0.833. The molecule has 0 aromatic heterocycles. The van der Waals surface area contributed by atoms with E-state index in [-0.39, 0.29) is 23.9 Å². The van der Waals surface area contributed by atoms with Gasteiger partial charge in [0.05, 0.1) is 13.1 Å². The maximum Gasteiger partial charge on any atom is 0.235 e. The molecule has 4 atom stereocenters. The smallest absolute Gasteiger partial charge is 0.211 e. The fourth-order valence-electron chi connectivity index (χ4n) is 7.55. The number of isocyanates is 4. The summed E-state index contributed by atoms with van der Waals surface area (Å²) in [6.07, 6.45) is 10.2. The van der Waals surface area contributed by atoms with Gasteiger partial charge in [-0.25, -0.2) is 29.2 Å². The molecule has 0 amide bonds. The molecule has 0 aromatic rings. The fourth-order valence-corrected chi connectivity index (χ4v) is 7.55. The average Bonchev–Trinajstić information content (AvgIpc) is 2.62. The van der Waals surface area contributed by atoms with Crippen molar-refractivity contribution >= 4 is 24.3 Å². The molecule has 2 saturated carbocycles. The summed E-state index contributed by atoms with van der Waals surface area (Å²) in [5, 5.41) is 0. The van der Waals surface area contributed by atoms with Gasteiger partial charge >= 0.3 is 0 Å². The van der Waals surface area contributed by atoms with E-state index in [4.69, 9.17) is 0 Å². The van der Waals surface area contributed by atoms with Gasteiger partial charge in [-0.05, 0) is 60.2 Å². The lowest BCUT2D eigenvalue weighted by Gasteiger charge is -2.61. The Labute approximate surface area is 189 Å². The van der Waals surface area contributed by atoms with E-state index in [1.54, 1.807) is 24.3 Å². The van der Waals surface area contributed by atoms with Crippen LogP contribution >= 0.6 is 0 Å². The third-order valence-corrected chi connectivity index (χ3v) is 7.23. The minimum atomic E-state index is -1.04. The molecule has 0 radical (unpaired) electrons. The molecule has 8 heteroatoms. The van der Waals surface area contributed by atoms with Crippen molar-refractivity contribution in [3.8, 4) is 0 Å². The molecular weight excluding hydrogens is 408 g/mol. The zero-order chi connectivity index (χ0) is 24.3. The zero-order valence-corrected chi connectivity index (χ0v) is 20.1. The molecule has 2 fully saturated rings. The molecule has 2 aliphatic carbocycles. The lowest BCUT2D eigenvalue weighted by atomic mass is 9.46. The van der Waals surface area contributed by atoms with Crippen molar-refractivity contribution in [3.05, 3.63) is 0 Å². The second kappa shape index (κ2) is 8.81. The summed E-state index contributed by atoms with van der Waals surface area (Å²) in [5.41, 5.74) is -3.52. The van der Waals surface area contributed by atoms with Crippen LogP contribution in [-0.2, 0) is 19.2 Å². The minimum Gasteiger partial charge on any atom is -0.211 e. The third-order valence-electron chi connectivity index (χ3n) is 7.23. The first-order valence-electron chi connectivity index (χ1n) is 11.0. The maximum atomic E-state index is 11.8. The Kier molecular flexibility index (Phi) is 7.10. The van der Waals surface area contributed by atoms with Gasteiger partial charge < -0.3 is 0 Å². The Morgan fingerprint density at radius 1 is 0.531 bits per heavy atom. The van der Waals surface area contributed by atoms with E-state index in [0.717, 1.165) is 12.8 Å². The number of hydrogen-bond donors (Lipinski definition) is 0. The average molecular weight is 443 g/mol. The summed E-state index contributed by atoms with van der Waals surface area (Å²) >= 11 is 0. The first-order valence-corrected chi connectivity index (χ1v) is 11.0. The number of hydrogen-bond acceptors (Lipinski definition) is 8. The van der Waals surface area contributed by atoms with Crippen LogP contribution in [0.3, 0.4) is 0 Å². The summed E-state index contributed by atoms with van der Waals surface area (Å²) in [5.74, 6) is 0. The molecule has 2 rings (SSSR count). The summed E-state index contributed by atoms with van der Waals surface area (Å²) in [6, 6.07) is 0. The minimum absolute atomic E-state index is 0.243. The van der Waals surface area contributed by atoms with E-state index in [2.05, 4.69) is 47.7 Å². The summed E-state index contributed by atoms with van der Waals surface area (Å²) < 4.78 is 0. The van der Waals surface area contributed by atoms with Crippen LogP contribution in [0.1, 0.15) is 80.1 Å². The Morgan fingerprint density at radius 3 is 1.16 bits per heavy atom. The van der Waals surface area contributed by atoms with Crippen molar-refractivity contribution in [2.75, 3.05) is 13.1 Å². The molecular formula is C24H34N4O4. The lowest BCUT2D eigenvalue weighted by Crippen LogP contribution is -2.64. The molecule has 2 aliphatic rings. The molecule has 32 heavy (non-hydrogen) atoms. The standard InChI is InChI=1S/C24H34N4O4/c1-19(2)7-21(5,13-25-15-29)11-23(9-19,27-17-31)24(28-18-32)10-20(3,4)8-22(6,12-24)14-26-16-30/h7-14H2,1-6H3. The summed E-state index contributed by atoms with van der Waals surface area (Å²) in [7, 11) is 0. The molecule has 4 unspecified atom stereocenters. The van der Waals surface area contributed by atoms with Crippen LogP contribution < -0.4 is 0 Å². The van der Waals surface area contributed by atoms with E-state index < -0.39 is 21.9 Å². The van der Waals surface area contributed by atoms with E-state index >= 15 is 0 Å². The Morgan fingerprint density at radius 2 is 0.875 bits per heavy atom. The second-order valence-corrected chi connectivity index (χ2v) is 12.3. The van der Waals surface area contributed by atoms with Crippen LogP contribution in [0.4, 0.5) is 0 Å². The summed E-state index contributed by atoms with van der Waals surface area (Å²) in [4.78, 5) is 61.9. The molecule has 174 valence electrons.